The molecule has 0 bridgehead atoms. The normalized spacial score (nSPS) is 22.9. The molecule has 2 N–H and O–H groups in total. The Morgan fingerprint density at radius 3 is 2.55 bits per heavy atom. The molecular formula is C16H21NO3. The third kappa shape index (κ3) is 3.38. The second-order valence-electron chi connectivity index (χ2n) is 5.48. The van der Waals surface area contributed by atoms with Crippen molar-refractivity contribution in [1.82, 2.24) is 5.32 Å². The van der Waals surface area contributed by atoms with Crippen molar-refractivity contribution in [3.05, 3.63) is 35.4 Å². The van der Waals surface area contributed by atoms with Crippen LogP contribution < -0.4 is 5.32 Å². The predicted octanol–water partition coefficient (Wildman–Crippen LogP) is 2.76. The first-order chi connectivity index (χ1) is 9.59. The zero-order valence-corrected chi connectivity index (χ0v) is 11.8. The lowest BCUT2D eigenvalue weighted by Crippen LogP contribution is -2.43. The number of carbonyl (C=O) groups is 2. The predicted molar refractivity (Wildman–Crippen MR) is 76.6 cm³/mol. The standard InChI is InChI=1S/C16H21NO3/c1-11-7-5-6-8-12(11)15(18)17-14-10-4-2-3-9-13(14)16(19)20/h5-8,13-14H,2-4,9-10H2,1H3,(H,17,18)(H,19,20)/t13-,14-/m1/s1. The Labute approximate surface area is 119 Å². The maximum atomic E-state index is 12.3. The molecule has 1 fully saturated rings. The number of hydrogen-bond donors (Lipinski definition) is 2. The van der Waals surface area contributed by atoms with Crippen LogP contribution in [0.4, 0.5) is 0 Å². The van der Waals surface area contributed by atoms with E-state index in [-0.39, 0.29) is 11.9 Å². The molecule has 0 saturated heterocycles. The van der Waals surface area contributed by atoms with Crippen LogP contribution in [0.15, 0.2) is 24.3 Å². The topological polar surface area (TPSA) is 66.4 Å². The molecule has 1 saturated carbocycles. The van der Waals surface area contributed by atoms with E-state index in [2.05, 4.69) is 5.32 Å². The molecule has 4 heteroatoms. The molecular weight excluding hydrogens is 254 g/mol. The highest BCUT2D eigenvalue weighted by atomic mass is 16.4. The molecule has 2 rings (SSSR count). The molecule has 0 spiro atoms. The highest BCUT2D eigenvalue weighted by Gasteiger charge is 2.30. The van der Waals surface area contributed by atoms with Crippen LogP contribution in [0.2, 0.25) is 0 Å². The molecule has 1 aliphatic carbocycles. The zero-order chi connectivity index (χ0) is 14.5. The zero-order valence-electron chi connectivity index (χ0n) is 11.8. The number of aliphatic carboxylic acids is 1. The van der Waals surface area contributed by atoms with Crippen molar-refractivity contribution in [3.8, 4) is 0 Å². The summed E-state index contributed by atoms with van der Waals surface area (Å²) in [4.78, 5) is 23.7. The van der Waals surface area contributed by atoms with E-state index in [4.69, 9.17) is 0 Å². The third-order valence-corrected chi connectivity index (χ3v) is 4.04. The first-order valence-corrected chi connectivity index (χ1v) is 7.19. The molecule has 108 valence electrons. The lowest BCUT2D eigenvalue weighted by atomic mass is 9.94. The van der Waals surface area contributed by atoms with E-state index in [1.54, 1.807) is 6.07 Å². The summed E-state index contributed by atoms with van der Waals surface area (Å²) in [6, 6.07) is 7.11. The number of nitrogens with one attached hydrogen (secondary N) is 1. The molecule has 4 nitrogen and oxygen atoms in total. The molecule has 20 heavy (non-hydrogen) atoms. The van der Waals surface area contributed by atoms with Gasteiger partial charge < -0.3 is 10.4 Å². The highest BCUT2D eigenvalue weighted by Crippen LogP contribution is 2.24. The van der Waals surface area contributed by atoms with Crippen LogP contribution in [-0.2, 0) is 4.79 Å². The van der Waals surface area contributed by atoms with Gasteiger partial charge in [-0.1, -0.05) is 37.5 Å². The van der Waals surface area contributed by atoms with Crippen molar-refractivity contribution in [1.29, 1.82) is 0 Å². The molecule has 1 amide bonds. The summed E-state index contributed by atoms with van der Waals surface area (Å²) in [6.45, 7) is 1.89. The Hall–Kier alpha value is -1.84. The summed E-state index contributed by atoms with van der Waals surface area (Å²) >= 11 is 0. The van der Waals surface area contributed by atoms with Crippen molar-refractivity contribution >= 4 is 11.9 Å². The Bertz CT molecular complexity index is 498. The quantitative estimate of drug-likeness (QED) is 0.834. The van der Waals surface area contributed by atoms with E-state index in [0.29, 0.717) is 12.0 Å². The Morgan fingerprint density at radius 2 is 1.85 bits per heavy atom. The number of amides is 1. The fraction of sp³-hybridized carbons (Fsp3) is 0.500. The Morgan fingerprint density at radius 1 is 1.15 bits per heavy atom. The highest BCUT2D eigenvalue weighted by molar-refractivity contribution is 5.96. The summed E-state index contributed by atoms with van der Waals surface area (Å²) in [7, 11) is 0. The molecule has 1 aliphatic rings. The van der Waals surface area contributed by atoms with Gasteiger partial charge in [0.2, 0.25) is 0 Å². The third-order valence-electron chi connectivity index (χ3n) is 4.04. The van der Waals surface area contributed by atoms with Crippen molar-refractivity contribution in [2.75, 3.05) is 0 Å². The molecule has 0 heterocycles. The first kappa shape index (κ1) is 14.6. The summed E-state index contributed by atoms with van der Waals surface area (Å²) in [5, 5.41) is 12.2. The van der Waals surface area contributed by atoms with Crippen LogP contribution in [-0.4, -0.2) is 23.0 Å². The largest absolute Gasteiger partial charge is 0.481 e. The van der Waals surface area contributed by atoms with Gasteiger partial charge in [0.1, 0.15) is 0 Å². The van der Waals surface area contributed by atoms with E-state index in [1.165, 1.54) is 0 Å². The first-order valence-electron chi connectivity index (χ1n) is 7.19. The summed E-state index contributed by atoms with van der Waals surface area (Å²) in [6.07, 6.45) is 4.33. The fourth-order valence-electron chi connectivity index (χ4n) is 2.85. The van der Waals surface area contributed by atoms with E-state index in [1.807, 2.05) is 25.1 Å². The summed E-state index contributed by atoms with van der Waals surface area (Å²) in [5.74, 6) is -1.44. The van der Waals surface area contributed by atoms with Gasteiger partial charge in [-0.05, 0) is 31.4 Å². The van der Waals surface area contributed by atoms with Crippen molar-refractivity contribution in [3.63, 3.8) is 0 Å². The minimum Gasteiger partial charge on any atom is -0.481 e. The second-order valence-corrected chi connectivity index (χ2v) is 5.48. The van der Waals surface area contributed by atoms with Gasteiger partial charge in [0.05, 0.1) is 5.92 Å². The lowest BCUT2D eigenvalue weighted by molar-refractivity contribution is -0.142. The van der Waals surface area contributed by atoms with Crippen molar-refractivity contribution < 1.29 is 14.7 Å². The lowest BCUT2D eigenvalue weighted by Gasteiger charge is -2.23. The van der Waals surface area contributed by atoms with E-state index >= 15 is 0 Å². The number of carboxylic acid groups (broad SMARTS) is 1. The van der Waals surface area contributed by atoms with Crippen molar-refractivity contribution in [2.45, 2.75) is 45.1 Å². The summed E-state index contributed by atoms with van der Waals surface area (Å²) in [5.41, 5.74) is 1.53. The minimum absolute atomic E-state index is 0.166. The SMILES string of the molecule is Cc1ccccc1C(=O)N[C@@H]1CCCCC[C@H]1C(=O)O. The second kappa shape index (κ2) is 6.55. The smallest absolute Gasteiger partial charge is 0.308 e. The number of carbonyl (C=O) groups excluding carboxylic acids is 1. The maximum Gasteiger partial charge on any atom is 0.308 e. The molecule has 0 unspecified atom stereocenters. The number of rotatable bonds is 3. The van der Waals surface area contributed by atoms with Crippen LogP contribution >= 0.6 is 0 Å². The Balaban J connectivity index is 2.12. The van der Waals surface area contributed by atoms with E-state index in [0.717, 1.165) is 31.2 Å². The van der Waals surface area contributed by atoms with Gasteiger partial charge in [-0.3, -0.25) is 9.59 Å². The minimum atomic E-state index is -0.804. The van der Waals surface area contributed by atoms with Gasteiger partial charge in [-0.15, -0.1) is 0 Å². The summed E-state index contributed by atoms with van der Waals surface area (Å²) < 4.78 is 0. The molecule has 0 aromatic heterocycles. The van der Waals surface area contributed by atoms with Crippen LogP contribution in [0.25, 0.3) is 0 Å². The average Bonchev–Trinajstić information content (AvgIpc) is 2.64. The fourth-order valence-corrected chi connectivity index (χ4v) is 2.85. The van der Waals surface area contributed by atoms with Gasteiger partial charge in [-0.2, -0.15) is 0 Å². The Kier molecular flexibility index (Phi) is 4.77. The van der Waals surface area contributed by atoms with Gasteiger partial charge in [-0.25, -0.2) is 0 Å². The molecule has 2 atom stereocenters. The maximum absolute atomic E-state index is 12.3. The van der Waals surface area contributed by atoms with Crippen LogP contribution in [0, 0.1) is 12.8 Å². The van der Waals surface area contributed by atoms with Crippen molar-refractivity contribution in [2.24, 2.45) is 5.92 Å². The van der Waals surface area contributed by atoms with Crippen LogP contribution in [0.1, 0.15) is 48.0 Å². The monoisotopic (exact) mass is 275 g/mol. The van der Waals surface area contributed by atoms with Gasteiger partial charge >= 0.3 is 5.97 Å². The molecule has 0 radical (unpaired) electrons. The van der Waals surface area contributed by atoms with E-state index in [9.17, 15) is 14.7 Å². The molecule has 0 aliphatic heterocycles. The number of aryl methyl sites for hydroxylation is 1. The molecule has 1 aromatic rings. The molecule has 1 aromatic carbocycles. The number of hydrogen-bond acceptors (Lipinski definition) is 2. The van der Waals surface area contributed by atoms with Gasteiger partial charge in [0.15, 0.2) is 0 Å². The van der Waals surface area contributed by atoms with Crippen LogP contribution in [0.3, 0.4) is 0 Å². The average molecular weight is 275 g/mol. The van der Waals surface area contributed by atoms with Gasteiger partial charge in [0.25, 0.3) is 5.91 Å². The van der Waals surface area contributed by atoms with Gasteiger partial charge in [0, 0.05) is 11.6 Å². The van der Waals surface area contributed by atoms with E-state index < -0.39 is 11.9 Å². The number of benzene rings is 1. The van der Waals surface area contributed by atoms with Crippen LogP contribution in [0.5, 0.6) is 0 Å². The number of carboxylic acids is 1.